The first-order chi connectivity index (χ1) is 6.40. The van der Waals surface area contributed by atoms with E-state index in [1.54, 1.807) is 5.56 Å². The Balaban J connectivity index is 0.000000980. The van der Waals surface area contributed by atoms with Crippen LogP contribution in [0, 0.1) is 0 Å². The molecule has 0 bridgehead atoms. The van der Waals surface area contributed by atoms with Gasteiger partial charge in [-0.25, -0.2) is 0 Å². The molecule has 0 fully saturated rings. The molecule has 0 aliphatic carbocycles. The van der Waals surface area contributed by atoms with Crippen LogP contribution in [0.15, 0.2) is 18.2 Å². The maximum atomic E-state index is 3.45. The molecule has 0 aromatic heterocycles. The van der Waals surface area contributed by atoms with Gasteiger partial charge in [0, 0.05) is 6.54 Å². The lowest BCUT2D eigenvalue weighted by atomic mass is 10.0. The van der Waals surface area contributed by atoms with E-state index in [-0.39, 0.29) is 12.4 Å². The van der Waals surface area contributed by atoms with Gasteiger partial charge in [-0.05, 0) is 42.5 Å². The summed E-state index contributed by atoms with van der Waals surface area (Å²) < 4.78 is 0. The van der Waals surface area contributed by atoms with Gasteiger partial charge >= 0.3 is 0 Å². The molecular formula is C12H18ClN. The first kappa shape index (κ1) is 11.5. The lowest BCUT2D eigenvalue weighted by Gasteiger charge is -2.07. The van der Waals surface area contributed by atoms with Gasteiger partial charge < -0.3 is 5.32 Å². The number of hydrogen-bond donors (Lipinski definition) is 1. The Labute approximate surface area is 92.3 Å². The number of hydrogen-bond acceptors (Lipinski definition) is 1. The zero-order valence-corrected chi connectivity index (χ0v) is 9.49. The third-order valence-electron chi connectivity index (χ3n) is 2.79. The molecule has 14 heavy (non-hydrogen) atoms. The largest absolute Gasteiger partial charge is 0.313 e. The van der Waals surface area contributed by atoms with E-state index in [4.69, 9.17) is 0 Å². The number of rotatable bonds is 1. The summed E-state index contributed by atoms with van der Waals surface area (Å²) in [4.78, 5) is 0. The Hall–Kier alpha value is -0.530. The molecule has 0 saturated carbocycles. The Bertz CT molecular complexity index is 296. The van der Waals surface area contributed by atoms with Gasteiger partial charge in [0.2, 0.25) is 0 Å². The molecule has 2 heteroatoms. The molecule has 1 heterocycles. The van der Waals surface area contributed by atoms with E-state index in [1.807, 2.05) is 0 Å². The summed E-state index contributed by atoms with van der Waals surface area (Å²) in [6.45, 7) is 4.44. The highest BCUT2D eigenvalue weighted by molar-refractivity contribution is 5.85. The highest BCUT2D eigenvalue weighted by Crippen LogP contribution is 2.16. The van der Waals surface area contributed by atoms with Crippen molar-refractivity contribution in [2.24, 2.45) is 0 Å². The van der Waals surface area contributed by atoms with E-state index in [1.165, 1.54) is 24.0 Å². The van der Waals surface area contributed by atoms with Crippen molar-refractivity contribution in [1.82, 2.24) is 5.32 Å². The summed E-state index contributed by atoms with van der Waals surface area (Å²) >= 11 is 0. The molecule has 78 valence electrons. The highest BCUT2D eigenvalue weighted by Gasteiger charge is 2.06. The van der Waals surface area contributed by atoms with Crippen LogP contribution in [0.2, 0.25) is 0 Å². The molecule has 0 amide bonds. The van der Waals surface area contributed by atoms with Crippen LogP contribution in [0.4, 0.5) is 0 Å². The van der Waals surface area contributed by atoms with E-state index in [0.29, 0.717) is 0 Å². The van der Waals surface area contributed by atoms with Gasteiger partial charge in [0.25, 0.3) is 0 Å². The van der Waals surface area contributed by atoms with Crippen molar-refractivity contribution in [2.45, 2.75) is 32.7 Å². The van der Waals surface area contributed by atoms with Gasteiger partial charge in [-0.15, -0.1) is 12.4 Å². The van der Waals surface area contributed by atoms with Crippen LogP contribution in [0.3, 0.4) is 0 Å². The van der Waals surface area contributed by atoms with E-state index >= 15 is 0 Å². The summed E-state index contributed by atoms with van der Waals surface area (Å²) in [6, 6.07) is 6.93. The normalized spacial score (nSPS) is 15.2. The molecule has 1 aromatic rings. The molecule has 0 radical (unpaired) electrons. The van der Waals surface area contributed by atoms with Crippen LogP contribution in [0.1, 0.15) is 30.0 Å². The Morgan fingerprint density at radius 2 is 2.14 bits per heavy atom. The maximum absolute atomic E-state index is 3.45. The van der Waals surface area contributed by atoms with E-state index in [2.05, 4.69) is 30.4 Å². The van der Waals surface area contributed by atoms with Gasteiger partial charge in [-0.3, -0.25) is 0 Å². The molecule has 1 aliphatic rings. The minimum Gasteiger partial charge on any atom is -0.313 e. The standard InChI is InChI=1S/C12H17N.ClH/c1-2-10-5-6-11-4-3-7-13-9-12(11)8-10;/h5-6,8,13H,2-4,7,9H2,1H3;1H. The van der Waals surface area contributed by atoms with Gasteiger partial charge in [-0.2, -0.15) is 0 Å². The van der Waals surface area contributed by atoms with Gasteiger partial charge in [0.1, 0.15) is 0 Å². The minimum absolute atomic E-state index is 0. The zero-order valence-electron chi connectivity index (χ0n) is 8.68. The first-order valence-corrected chi connectivity index (χ1v) is 5.21. The Morgan fingerprint density at radius 3 is 2.93 bits per heavy atom. The van der Waals surface area contributed by atoms with Crippen LogP contribution in [-0.2, 0) is 19.4 Å². The predicted octanol–water partition coefficient (Wildman–Crippen LogP) is 2.71. The quantitative estimate of drug-likeness (QED) is 0.754. The van der Waals surface area contributed by atoms with Gasteiger partial charge in [0.05, 0.1) is 0 Å². The molecule has 0 saturated heterocycles. The Kier molecular flexibility index (Phi) is 4.43. The molecular weight excluding hydrogens is 194 g/mol. The summed E-state index contributed by atoms with van der Waals surface area (Å²) in [5.74, 6) is 0. The van der Waals surface area contributed by atoms with Crippen molar-refractivity contribution in [3.8, 4) is 0 Å². The molecule has 0 atom stereocenters. The highest BCUT2D eigenvalue weighted by atomic mass is 35.5. The second-order valence-corrected chi connectivity index (χ2v) is 3.74. The third kappa shape index (κ3) is 2.49. The second kappa shape index (κ2) is 5.38. The fourth-order valence-electron chi connectivity index (χ4n) is 1.93. The van der Waals surface area contributed by atoms with Crippen molar-refractivity contribution >= 4 is 12.4 Å². The number of aryl methyl sites for hydroxylation is 2. The summed E-state index contributed by atoms with van der Waals surface area (Å²) in [6.07, 6.45) is 3.66. The summed E-state index contributed by atoms with van der Waals surface area (Å²) in [7, 11) is 0. The molecule has 1 nitrogen and oxygen atoms in total. The summed E-state index contributed by atoms with van der Waals surface area (Å²) in [5.41, 5.74) is 4.52. The number of fused-ring (bicyclic) bond motifs is 1. The average Bonchev–Trinajstić information content (AvgIpc) is 2.41. The molecule has 0 unspecified atom stereocenters. The van der Waals surface area contributed by atoms with Crippen LogP contribution in [0.25, 0.3) is 0 Å². The first-order valence-electron chi connectivity index (χ1n) is 5.21. The number of benzene rings is 1. The van der Waals surface area contributed by atoms with E-state index < -0.39 is 0 Å². The van der Waals surface area contributed by atoms with Crippen LogP contribution >= 0.6 is 12.4 Å². The predicted molar refractivity (Wildman–Crippen MR) is 63.1 cm³/mol. The Morgan fingerprint density at radius 1 is 1.29 bits per heavy atom. The number of halogens is 1. The maximum Gasteiger partial charge on any atom is 0.0208 e. The lowest BCUT2D eigenvalue weighted by Crippen LogP contribution is -2.12. The van der Waals surface area contributed by atoms with Gasteiger partial charge in [-0.1, -0.05) is 25.1 Å². The SMILES string of the molecule is CCc1ccc2c(c1)CNCCC2.Cl. The topological polar surface area (TPSA) is 12.0 Å². The van der Waals surface area contributed by atoms with E-state index in [9.17, 15) is 0 Å². The van der Waals surface area contributed by atoms with Crippen molar-refractivity contribution in [3.05, 3.63) is 34.9 Å². The molecule has 1 aromatic carbocycles. The van der Waals surface area contributed by atoms with Crippen molar-refractivity contribution < 1.29 is 0 Å². The third-order valence-corrected chi connectivity index (χ3v) is 2.79. The zero-order chi connectivity index (χ0) is 9.10. The number of nitrogens with one attached hydrogen (secondary N) is 1. The van der Waals surface area contributed by atoms with Crippen LogP contribution < -0.4 is 5.32 Å². The fourth-order valence-corrected chi connectivity index (χ4v) is 1.93. The fraction of sp³-hybridized carbons (Fsp3) is 0.500. The van der Waals surface area contributed by atoms with Crippen LogP contribution in [-0.4, -0.2) is 6.54 Å². The van der Waals surface area contributed by atoms with Crippen molar-refractivity contribution in [1.29, 1.82) is 0 Å². The molecule has 1 aliphatic heterocycles. The van der Waals surface area contributed by atoms with Crippen molar-refractivity contribution in [3.63, 3.8) is 0 Å². The monoisotopic (exact) mass is 211 g/mol. The molecule has 1 N–H and O–H groups in total. The van der Waals surface area contributed by atoms with Crippen molar-refractivity contribution in [2.75, 3.05) is 6.54 Å². The average molecular weight is 212 g/mol. The smallest absolute Gasteiger partial charge is 0.0208 e. The molecule has 0 spiro atoms. The molecule has 2 rings (SSSR count). The van der Waals surface area contributed by atoms with E-state index in [0.717, 1.165) is 19.5 Å². The van der Waals surface area contributed by atoms with Crippen LogP contribution in [0.5, 0.6) is 0 Å². The second-order valence-electron chi connectivity index (χ2n) is 3.74. The minimum atomic E-state index is 0. The summed E-state index contributed by atoms with van der Waals surface area (Å²) in [5, 5.41) is 3.45. The van der Waals surface area contributed by atoms with Gasteiger partial charge in [0.15, 0.2) is 0 Å². The lowest BCUT2D eigenvalue weighted by molar-refractivity contribution is 0.680.